The van der Waals surface area contributed by atoms with Gasteiger partial charge in [0, 0.05) is 22.3 Å². The Balaban J connectivity index is 1.58. The maximum Gasteiger partial charge on any atom is 0.150 e. The average Bonchev–Trinajstić information content (AvgIpc) is 3.12. The van der Waals surface area contributed by atoms with E-state index in [4.69, 9.17) is 21.4 Å². The molecule has 0 bridgehead atoms. The summed E-state index contributed by atoms with van der Waals surface area (Å²) in [5.74, 6) is 0.832. The molecule has 2 aliphatic rings. The number of allylic oxidation sites excluding steroid dienone is 1. The van der Waals surface area contributed by atoms with Crippen LogP contribution in [0.3, 0.4) is 0 Å². The molecule has 5 rings (SSSR count). The summed E-state index contributed by atoms with van der Waals surface area (Å²) in [7, 11) is 0. The van der Waals surface area contributed by atoms with Crippen LogP contribution in [0.15, 0.2) is 48.9 Å². The second kappa shape index (κ2) is 6.50. The van der Waals surface area contributed by atoms with Crippen molar-refractivity contribution in [1.29, 1.82) is 0 Å². The summed E-state index contributed by atoms with van der Waals surface area (Å²) >= 11 is 6.22. The van der Waals surface area contributed by atoms with Crippen molar-refractivity contribution in [3.63, 3.8) is 0 Å². The van der Waals surface area contributed by atoms with Gasteiger partial charge in [0.1, 0.15) is 0 Å². The number of rotatable bonds is 5. The van der Waals surface area contributed by atoms with Crippen molar-refractivity contribution in [3.05, 3.63) is 65.3 Å². The predicted octanol–water partition coefficient (Wildman–Crippen LogP) is 4.54. The first-order valence-corrected chi connectivity index (χ1v) is 9.98. The number of imidazole rings is 1. The molecule has 2 aromatic heterocycles. The molecule has 1 N–H and O–H groups in total. The van der Waals surface area contributed by atoms with E-state index in [9.17, 15) is 0 Å². The molecule has 1 aliphatic heterocycles. The standard InChI is InChI=1S/C21H22ClN5O/c1-3-28-25-27-18-11-15(22)5-6-17(18)24-20(27)13-26-14(2)21(8-4-9-21)16-7-10-23-12-19(16)26/h5-7,10-12,25H,2-4,8-9,13H2,1H3. The molecular formula is C21H22ClN5O. The van der Waals surface area contributed by atoms with Gasteiger partial charge in [-0.05, 0) is 49.6 Å². The second-order valence-corrected chi connectivity index (χ2v) is 7.82. The van der Waals surface area contributed by atoms with Gasteiger partial charge in [0.25, 0.3) is 0 Å². The maximum atomic E-state index is 6.22. The Hall–Kier alpha value is -2.57. The number of nitrogens with zero attached hydrogens (tertiary/aromatic N) is 4. The van der Waals surface area contributed by atoms with Gasteiger partial charge in [-0.1, -0.05) is 24.6 Å². The highest BCUT2D eigenvalue weighted by Gasteiger charge is 2.50. The summed E-state index contributed by atoms with van der Waals surface area (Å²) < 4.78 is 1.86. The lowest BCUT2D eigenvalue weighted by Crippen LogP contribution is -2.37. The fourth-order valence-electron chi connectivity index (χ4n) is 4.41. The molecule has 144 valence electrons. The zero-order chi connectivity index (χ0) is 19.3. The Morgan fingerprint density at radius 2 is 2.18 bits per heavy atom. The number of hydrogen-bond donors (Lipinski definition) is 1. The number of fused-ring (bicyclic) bond motifs is 3. The van der Waals surface area contributed by atoms with Crippen LogP contribution in [0.2, 0.25) is 5.02 Å². The summed E-state index contributed by atoms with van der Waals surface area (Å²) in [4.78, 5) is 16.9. The van der Waals surface area contributed by atoms with Gasteiger partial charge >= 0.3 is 0 Å². The van der Waals surface area contributed by atoms with Crippen LogP contribution in [0, 0.1) is 0 Å². The second-order valence-electron chi connectivity index (χ2n) is 7.38. The van der Waals surface area contributed by atoms with Crippen molar-refractivity contribution in [2.24, 2.45) is 0 Å². The molecule has 3 heterocycles. The fourth-order valence-corrected chi connectivity index (χ4v) is 4.58. The van der Waals surface area contributed by atoms with Crippen LogP contribution in [0.4, 0.5) is 5.69 Å². The molecule has 0 atom stereocenters. The first-order chi connectivity index (χ1) is 13.6. The van der Waals surface area contributed by atoms with Gasteiger partial charge in [-0.15, -0.1) is 0 Å². The molecule has 28 heavy (non-hydrogen) atoms. The number of hydrogen-bond acceptors (Lipinski definition) is 5. The minimum atomic E-state index is 0.0613. The van der Waals surface area contributed by atoms with Gasteiger partial charge in [-0.3, -0.25) is 9.82 Å². The van der Waals surface area contributed by atoms with Crippen LogP contribution in [-0.2, 0) is 16.8 Å². The first kappa shape index (κ1) is 17.5. The average molecular weight is 396 g/mol. The zero-order valence-electron chi connectivity index (χ0n) is 15.8. The Bertz CT molecular complexity index is 1070. The van der Waals surface area contributed by atoms with Crippen LogP contribution >= 0.6 is 11.6 Å². The Morgan fingerprint density at radius 1 is 1.32 bits per heavy atom. The minimum absolute atomic E-state index is 0.0613. The molecule has 1 spiro atoms. The SMILES string of the molecule is C=C1N(Cc2nc3ccc(Cl)cc3n2NOCC)c2cnccc2C12CCC2. The van der Waals surface area contributed by atoms with E-state index >= 15 is 0 Å². The largest absolute Gasteiger partial charge is 0.336 e. The molecule has 6 nitrogen and oxygen atoms in total. The van der Waals surface area contributed by atoms with E-state index < -0.39 is 0 Å². The molecule has 3 aromatic rings. The summed E-state index contributed by atoms with van der Waals surface area (Å²) in [6.45, 7) is 7.51. The van der Waals surface area contributed by atoms with Crippen molar-refractivity contribution in [2.45, 2.75) is 38.1 Å². The fraction of sp³-hybridized carbons (Fsp3) is 0.333. The van der Waals surface area contributed by atoms with Crippen LogP contribution in [0.25, 0.3) is 11.0 Å². The van der Waals surface area contributed by atoms with Gasteiger partial charge in [-0.25, -0.2) is 15.2 Å². The van der Waals surface area contributed by atoms with Crippen LogP contribution in [-0.4, -0.2) is 21.3 Å². The lowest BCUT2D eigenvalue weighted by molar-refractivity contribution is 0.168. The molecule has 7 heteroatoms. The van der Waals surface area contributed by atoms with Gasteiger partial charge in [0.15, 0.2) is 5.82 Å². The summed E-state index contributed by atoms with van der Waals surface area (Å²) in [6.07, 6.45) is 7.33. The highest BCUT2D eigenvalue weighted by Crippen LogP contribution is 2.57. The third-order valence-electron chi connectivity index (χ3n) is 5.98. The Labute approximate surface area is 168 Å². The van der Waals surface area contributed by atoms with Gasteiger partial charge < -0.3 is 4.90 Å². The van der Waals surface area contributed by atoms with E-state index in [2.05, 4.69) is 28.1 Å². The molecule has 0 amide bonds. The third-order valence-corrected chi connectivity index (χ3v) is 6.21. The molecule has 0 radical (unpaired) electrons. The predicted molar refractivity (Wildman–Crippen MR) is 111 cm³/mol. The lowest BCUT2D eigenvalue weighted by atomic mass is 9.64. The normalized spacial score (nSPS) is 17.2. The first-order valence-electron chi connectivity index (χ1n) is 9.60. The summed E-state index contributed by atoms with van der Waals surface area (Å²) in [5.41, 5.74) is 8.40. The van der Waals surface area contributed by atoms with E-state index in [1.54, 1.807) is 0 Å². The molecule has 1 fully saturated rings. The van der Waals surface area contributed by atoms with E-state index in [1.165, 1.54) is 12.0 Å². The van der Waals surface area contributed by atoms with Crippen molar-refractivity contribution in [3.8, 4) is 0 Å². The Kier molecular flexibility index (Phi) is 4.07. The monoisotopic (exact) mass is 395 g/mol. The highest BCUT2D eigenvalue weighted by molar-refractivity contribution is 6.31. The van der Waals surface area contributed by atoms with Crippen molar-refractivity contribution in [1.82, 2.24) is 14.6 Å². The van der Waals surface area contributed by atoms with Crippen LogP contribution in [0.5, 0.6) is 0 Å². The van der Waals surface area contributed by atoms with E-state index in [0.29, 0.717) is 18.2 Å². The number of pyridine rings is 1. The van der Waals surface area contributed by atoms with Crippen LogP contribution < -0.4 is 10.5 Å². The quantitative estimate of drug-likeness (QED) is 0.643. The number of nitrogens with one attached hydrogen (secondary N) is 1. The van der Waals surface area contributed by atoms with Gasteiger partial charge in [0.2, 0.25) is 0 Å². The molecule has 1 saturated carbocycles. The number of aromatic nitrogens is 3. The number of halogens is 1. The van der Waals surface area contributed by atoms with Gasteiger partial charge in [0.05, 0.1) is 36.1 Å². The minimum Gasteiger partial charge on any atom is -0.336 e. The van der Waals surface area contributed by atoms with E-state index in [1.807, 2.05) is 42.2 Å². The van der Waals surface area contributed by atoms with Crippen molar-refractivity contribution in [2.75, 3.05) is 17.1 Å². The van der Waals surface area contributed by atoms with E-state index in [0.717, 1.165) is 41.1 Å². The summed E-state index contributed by atoms with van der Waals surface area (Å²) in [6, 6.07) is 7.80. The van der Waals surface area contributed by atoms with Crippen LogP contribution in [0.1, 0.15) is 37.6 Å². The topological polar surface area (TPSA) is 55.2 Å². The number of anilines is 1. The molecule has 1 aliphatic carbocycles. The lowest BCUT2D eigenvalue weighted by Gasteiger charge is -2.40. The van der Waals surface area contributed by atoms with Gasteiger partial charge in [-0.2, -0.15) is 0 Å². The number of benzene rings is 1. The molecular weight excluding hydrogens is 374 g/mol. The van der Waals surface area contributed by atoms with Crippen molar-refractivity contribution < 1.29 is 4.84 Å². The Morgan fingerprint density at radius 3 is 2.93 bits per heavy atom. The smallest absolute Gasteiger partial charge is 0.150 e. The molecule has 1 aromatic carbocycles. The zero-order valence-corrected chi connectivity index (χ0v) is 16.5. The molecule has 0 saturated heterocycles. The van der Waals surface area contributed by atoms with Crippen molar-refractivity contribution >= 4 is 28.3 Å². The summed E-state index contributed by atoms with van der Waals surface area (Å²) in [5, 5.41) is 0.659. The molecule has 0 unspecified atom stereocenters. The maximum absolute atomic E-state index is 6.22. The van der Waals surface area contributed by atoms with E-state index in [-0.39, 0.29) is 5.41 Å². The third kappa shape index (κ3) is 2.45. The highest BCUT2D eigenvalue weighted by atomic mass is 35.5.